The maximum atomic E-state index is 10.00. The summed E-state index contributed by atoms with van der Waals surface area (Å²) >= 11 is 0. The quantitative estimate of drug-likeness (QED) is 0.351. The average molecular weight is 354 g/mol. The molecule has 0 saturated carbocycles. The van der Waals surface area contributed by atoms with E-state index in [4.69, 9.17) is 0 Å². The minimum Gasteiger partial charge on any atom is -0.509 e. The van der Waals surface area contributed by atoms with Gasteiger partial charge >= 0.3 is 0 Å². The molecule has 0 bridgehead atoms. The van der Waals surface area contributed by atoms with Crippen LogP contribution in [0.15, 0.2) is 30.0 Å². The lowest BCUT2D eigenvalue weighted by Crippen LogP contribution is -2.49. The van der Waals surface area contributed by atoms with Gasteiger partial charge in [-0.2, -0.15) is 0 Å². The lowest BCUT2D eigenvalue weighted by atomic mass is 9.96. The van der Waals surface area contributed by atoms with Crippen molar-refractivity contribution in [1.82, 2.24) is 0 Å². The number of benzene rings is 1. The Labute approximate surface area is 148 Å². The lowest BCUT2D eigenvalue weighted by Gasteiger charge is -2.28. The van der Waals surface area contributed by atoms with Crippen LogP contribution in [-0.4, -0.2) is 61.2 Å². The Bertz CT molecular complexity index is 527. The summed E-state index contributed by atoms with van der Waals surface area (Å²) in [6.45, 7) is 3.88. The zero-order chi connectivity index (χ0) is 19.0. The minimum atomic E-state index is -1.84. The first-order valence-corrected chi connectivity index (χ1v) is 8.71. The molecule has 0 aromatic heterocycles. The van der Waals surface area contributed by atoms with Gasteiger partial charge < -0.3 is 30.6 Å². The Morgan fingerprint density at radius 3 is 2.00 bits per heavy atom. The molecule has 0 spiro atoms. The van der Waals surface area contributed by atoms with Crippen LogP contribution in [0.1, 0.15) is 44.2 Å². The number of rotatable bonds is 10. The first-order chi connectivity index (χ1) is 11.8. The fourth-order valence-electron chi connectivity index (χ4n) is 2.58. The highest BCUT2D eigenvalue weighted by molar-refractivity contribution is 5.52. The molecule has 1 aromatic carbocycles. The summed E-state index contributed by atoms with van der Waals surface area (Å²) in [4.78, 5) is 0. The summed E-state index contributed by atoms with van der Waals surface area (Å²) < 4.78 is 0. The SMILES string of the molecule is CCCc1ccc(C=C(O)C(O)C(O)C(O)C(O)C(O)CCC)cc1. The number of hydrogen-bond acceptors (Lipinski definition) is 6. The highest BCUT2D eigenvalue weighted by Gasteiger charge is 2.35. The molecule has 0 fully saturated rings. The molecule has 0 aliphatic heterocycles. The van der Waals surface area contributed by atoms with Crippen molar-refractivity contribution in [3.8, 4) is 0 Å². The molecule has 0 aliphatic rings. The van der Waals surface area contributed by atoms with E-state index in [1.54, 1.807) is 19.1 Å². The standard InChI is InChI=1S/C19H30O6/c1-3-5-12-7-9-13(10-8-12)11-15(21)17(23)19(25)18(24)16(22)14(20)6-4-2/h7-11,14,16-25H,3-6H2,1-2H3. The van der Waals surface area contributed by atoms with Crippen LogP contribution in [0.25, 0.3) is 6.08 Å². The molecule has 0 aliphatic carbocycles. The predicted molar refractivity (Wildman–Crippen MR) is 96.0 cm³/mol. The molecule has 0 heterocycles. The fourth-order valence-corrected chi connectivity index (χ4v) is 2.58. The second kappa shape index (κ2) is 10.5. The summed E-state index contributed by atoms with van der Waals surface area (Å²) in [5.41, 5.74) is 1.79. The van der Waals surface area contributed by atoms with Gasteiger partial charge in [0.05, 0.1) is 6.10 Å². The molecule has 5 atom stereocenters. The topological polar surface area (TPSA) is 121 Å². The van der Waals surface area contributed by atoms with E-state index < -0.39 is 36.3 Å². The Morgan fingerprint density at radius 1 is 0.880 bits per heavy atom. The van der Waals surface area contributed by atoms with E-state index in [-0.39, 0.29) is 6.42 Å². The Kier molecular flexibility index (Phi) is 9.10. The van der Waals surface area contributed by atoms with E-state index in [0.29, 0.717) is 12.0 Å². The molecule has 0 radical (unpaired) electrons. The molecular formula is C19H30O6. The van der Waals surface area contributed by atoms with E-state index in [1.165, 1.54) is 6.08 Å². The summed E-state index contributed by atoms with van der Waals surface area (Å²) in [5, 5.41) is 59.3. The van der Waals surface area contributed by atoms with Gasteiger partial charge in [0.2, 0.25) is 0 Å². The molecule has 6 heteroatoms. The van der Waals surface area contributed by atoms with Crippen LogP contribution in [0.4, 0.5) is 0 Å². The fraction of sp³-hybridized carbons (Fsp3) is 0.579. The van der Waals surface area contributed by atoms with Crippen molar-refractivity contribution in [1.29, 1.82) is 0 Å². The number of aliphatic hydroxyl groups excluding tert-OH is 6. The van der Waals surface area contributed by atoms with Crippen LogP contribution >= 0.6 is 0 Å². The molecular weight excluding hydrogens is 324 g/mol. The van der Waals surface area contributed by atoms with Crippen molar-refractivity contribution in [2.75, 3.05) is 0 Å². The molecule has 1 aromatic rings. The van der Waals surface area contributed by atoms with Gasteiger partial charge in [-0.3, -0.25) is 0 Å². The van der Waals surface area contributed by atoms with Crippen molar-refractivity contribution in [2.45, 2.75) is 70.1 Å². The van der Waals surface area contributed by atoms with Crippen LogP contribution < -0.4 is 0 Å². The summed E-state index contributed by atoms with van der Waals surface area (Å²) in [7, 11) is 0. The third-order valence-corrected chi connectivity index (χ3v) is 4.14. The van der Waals surface area contributed by atoms with Gasteiger partial charge in [0.25, 0.3) is 0 Å². The van der Waals surface area contributed by atoms with Gasteiger partial charge in [-0.05, 0) is 30.0 Å². The molecule has 6 nitrogen and oxygen atoms in total. The Hall–Kier alpha value is -1.44. The van der Waals surface area contributed by atoms with Gasteiger partial charge in [-0.15, -0.1) is 0 Å². The van der Waals surface area contributed by atoms with Crippen molar-refractivity contribution in [3.05, 3.63) is 41.2 Å². The molecule has 0 saturated heterocycles. The van der Waals surface area contributed by atoms with Crippen LogP contribution in [0.5, 0.6) is 0 Å². The number of aliphatic hydroxyl groups is 6. The number of hydrogen-bond donors (Lipinski definition) is 6. The maximum Gasteiger partial charge on any atom is 0.139 e. The van der Waals surface area contributed by atoms with Crippen molar-refractivity contribution >= 4 is 6.08 Å². The van der Waals surface area contributed by atoms with Gasteiger partial charge in [0.15, 0.2) is 0 Å². The summed E-state index contributed by atoms with van der Waals surface area (Å²) in [6, 6.07) is 7.36. The van der Waals surface area contributed by atoms with E-state index >= 15 is 0 Å². The predicted octanol–water partition coefficient (Wildman–Crippen LogP) is 1.14. The monoisotopic (exact) mass is 354 g/mol. The minimum absolute atomic E-state index is 0.243. The van der Waals surface area contributed by atoms with Crippen molar-refractivity contribution in [3.63, 3.8) is 0 Å². The zero-order valence-corrected chi connectivity index (χ0v) is 14.8. The smallest absolute Gasteiger partial charge is 0.139 e. The van der Waals surface area contributed by atoms with Crippen LogP contribution in [0, 0.1) is 0 Å². The molecule has 0 amide bonds. The van der Waals surface area contributed by atoms with E-state index in [2.05, 4.69) is 6.92 Å². The van der Waals surface area contributed by atoms with Gasteiger partial charge in [0, 0.05) is 0 Å². The van der Waals surface area contributed by atoms with Crippen LogP contribution in [-0.2, 0) is 6.42 Å². The summed E-state index contributed by atoms with van der Waals surface area (Å²) in [5.74, 6) is -0.535. The second-order valence-electron chi connectivity index (χ2n) is 6.33. The largest absolute Gasteiger partial charge is 0.509 e. The Morgan fingerprint density at radius 2 is 1.48 bits per heavy atom. The maximum absolute atomic E-state index is 10.00. The lowest BCUT2D eigenvalue weighted by molar-refractivity contribution is -0.132. The average Bonchev–Trinajstić information content (AvgIpc) is 2.61. The second-order valence-corrected chi connectivity index (χ2v) is 6.33. The Balaban J connectivity index is 2.77. The normalized spacial score (nSPS) is 18.4. The molecule has 142 valence electrons. The third-order valence-electron chi connectivity index (χ3n) is 4.14. The molecule has 25 heavy (non-hydrogen) atoms. The van der Waals surface area contributed by atoms with E-state index in [0.717, 1.165) is 18.4 Å². The van der Waals surface area contributed by atoms with Crippen molar-refractivity contribution < 1.29 is 30.6 Å². The first kappa shape index (κ1) is 21.6. The third kappa shape index (κ3) is 6.41. The molecule has 1 rings (SSSR count). The van der Waals surface area contributed by atoms with Gasteiger partial charge in [-0.25, -0.2) is 0 Å². The molecule has 5 unspecified atom stereocenters. The van der Waals surface area contributed by atoms with Crippen LogP contribution in [0.3, 0.4) is 0 Å². The first-order valence-electron chi connectivity index (χ1n) is 8.71. The van der Waals surface area contributed by atoms with Gasteiger partial charge in [-0.1, -0.05) is 51.0 Å². The highest BCUT2D eigenvalue weighted by atomic mass is 16.4. The number of aryl methyl sites for hydroxylation is 1. The summed E-state index contributed by atoms with van der Waals surface area (Å²) in [6.07, 6.45) is -4.17. The highest BCUT2D eigenvalue weighted by Crippen LogP contribution is 2.17. The molecule has 6 N–H and O–H groups in total. The zero-order valence-electron chi connectivity index (χ0n) is 14.8. The van der Waals surface area contributed by atoms with E-state index in [9.17, 15) is 30.6 Å². The van der Waals surface area contributed by atoms with Crippen molar-refractivity contribution in [2.24, 2.45) is 0 Å². The van der Waals surface area contributed by atoms with Crippen LogP contribution in [0.2, 0.25) is 0 Å². The van der Waals surface area contributed by atoms with E-state index in [1.807, 2.05) is 12.1 Å². The van der Waals surface area contributed by atoms with Gasteiger partial charge in [0.1, 0.15) is 30.2 Å².